The van der Waals surface area contributed by atoms with Crippen LogP contribution in [0.5, 0.6) is 0 Å². The average molecular weight is 477 g/mol. The van der Waals surface area contributed by atoms with Crippen molar-refractivity contribution in [3.8, 4) is 5.69 Å². The number of aromatic nitrogens is 2. The Morgan fingerprint density at radius 1 is 1.06 bits per heavy atom. The van der Waals surface area contributed by atoms with Gasteiger partial charge in [-0.25, -0.2) is 4.68 Å². The molecule has 0 aliphatic heterocycles. The van der Waals surface area contributed by atoms with E-state index in [4.69, 9.17) is 9.84 Å². The van der Waals surface area contributed by atoms with Gasteiger partial charge in [0.1, 0.15) is 5.82 Å². The summed E-state index contributed by atoms with van der Waals surface area (Å²) in [5.74, 6) is 0.228. The quantitative estimate of drug-likeness (QED) is 0.437. The number of nitrogens with zero attached hydrogens (tertiary/aromatic N) is 3. The van der Waals surface area contributed by atoms with E-state index >= 15 is 0 Å². The molecule has 1 heterocycles. The topological polar surface area (TPSA) is 76.5 Å². The van der Waals surface area contributed by atoms with Gasteiger partial charge in [0.25, 0.3) is 0 Å². The van der Waals surface area contributed by atoms with E-state index in [0.717, 1.165) is 22.5 Å². The smallest absolute Gasteiger partial charge is 0.245 e. The monoisotopic (exact) mass is 476 g/mol. The number of hydrogen-bond donors (Lipinski definition) is 1. The molecule has 0 aliphatic carbocycles. The lowest BCUT2D eigenvalue weighted by atomic mass is 9.92. The van der Waals surface area contributed by atoms with Crippen LogP contribution in [0.4, 0.5) is 5.82 Å². The van der Waals surface area contributed by atoms with Crippen molar-refractivity contribution in [1.29, 1.82) is 0 Å². The van der Waals surface area contributed by atoms with Crippen LogP contribution in [-0.2, 0) is 26.2 Å². The molecule has 2 aromatic carbocycles. The van der Waals surface area contributed by atoms with Crippen molar-refractivity contribution in [2.24, 2.45) is 0 Å². The maximum absolute atomic E-state index is 13.2. The van der Waals surface area contributed by atoms with Gasteiger partial charge in [0, 0.05) is 31.7 Å². The number of rotatable bonds is 10. The third-order valence-corrected chi connectivity index (χ3v) is 5.75. The highest BCUT2D eigenvalue weighted by molar-refractivity contribution is 5.94. The number of nitrogens with one attached hydrogen (secondary N) is 1. The fourth-order valence-corrected chi connectivity index (χ4v) is 3.75. The normalized spacial score (nSPS) is 11.3. The van der Waals surface area contributed by atoms with E-state index in [9.17, 15) is 9.59 Å². The fraction of sp³-hybridized carbons (Fsp3) is 0.393. The number of carbonyl (C=O) groups excluding carboxylic acids is 2. The Kier molecular flexibility index (Phi) is 8.82. The first-order valence-electron chi connectivity index (χ1n) is 12.0. The summed E-state index contributed by atoms with van der Waals surface area (Å²) in [5, 5.41) is 7.81. The summed E-state index contributed by atoms with van der Waals surface area (Å²) >= 11 is 0. The second-order valence-corrected chi connectivity index (χ2v) is 9.74. The van der Waals surface area contributed by atoms with Crippen LogP contribution in [0.15, 0.2) is 60.7 Å². The van der Waals surface area contributed by atoms with E-state index < -0.39 is 0 Å². The number of carbonyl (C=O) groups is 2. The van der Waals surface area contributed by atoms with Gasteiger partial charge in [-0.3, -0.25) is 9.59 Å². The summed E-state index contributed by atoms with van der Waals surface area (Å²) < 4.78 is 6.92. The Balaban J connectivity index is 1.81. The second-order valence-electron chi connectivity index (χ2n) is 9.74. The molecule has 0 atom stereocenters. The van der Waals surface area contributed by atoms with Crippen molar-refractivity contribution in [3.05, 3.63) is 77.5 Å². The van der Waals surface area contributed by atoms with Gasteiger partial charge in [-0.15, -0.1) is 0 Å². The summed E-state index contributed by atoms with van der Waals surface area (Å²) in [6, 6.07) is 19.4. The van der Waals surface area contributed by atoms with Gasteiger partial charge < -0.3 is 15.0 Å². The number of anilines is 1. The standard InChI is InChI=1S/C28H36N4O3/c1-21-12-9-10-15-23(21)32-25(19-24(30-32)28(2,3)4)29-26(33)20-31(16-11-17-35-5)27(34)18-22-13-7-6-8-14-22/h6-10,12-15,19H,11,16-18,20H2,1-5H3,(H,29,33). The highest BCUT2D eigenvalue weighted by Gasteiger charge is 2.23. The van der Waals surface area contributed by atoms with E-state index in [1.807, 2.05) is 67.6 Å². The minimum absolute atomic E-state index is 0.0425. The largest absolute Gasteiger partial charge is 0.385 e. The van der Waals surface area contributed by atoms with Crippen LogP contribution in [-0.4, -0.2) is 53.3 Å². The zero-order chi connectivity index (χ0) is 25.4. The molecule has 0 bridgehead atoms. The predicted octanol–water partition coefficient (Wildman–Crippen LogP) is 4.52. The molecule has 0 fully saturated rings. The number of ether oxygens (including phenoxy) is 1. The van der Waals surface area contributed by atoms with Crippen molar-refractivity contribution in [2.45, 2.75) is 46.0 Å². The summed E-state index contributed by atoms with van der Waals surface area (Å²) in [6.07, 6.45) is 0.899. The first-order valence-corrected chi connectivity index (χ1v) is 12.0. The molecule has 7 nitrogen and oxygen atoms in total. The minimum atomic E-state index is -0.265. The van der Waals surface area contributed by atoms with Crippen LogP contribution >= 0.6 is 0 Å². The van der Waals surface area contributed by atoms with E-state index in [-0.39, 0.29) is 30.2 Å². The third kappa shape index (κ3) is 7.26. The van der Waals surface area contributed by atoms with Gasteiger partial charge in [0.2, 0.25) is 11.8 Å². The highest BCUT2D eigenvalue weighted by Crippen LogP contribution is 2.27. The van der Waals surface area contributed by atoms with Crippen LogP contribution in [0.1, 0.15) is 44.0 Å². The number of aryl methyl sites for hydroxylation is 1. The first-order chi connectivity index (χ1) is 16.7. The van der Waals surface area contributed by atoms with E-state index in [1.54, 1.807) is 16.7 Å². The lowest BCUT2D eigenvalue weighted by molar-refractivity contribution is -0.134. The predicted molar refractivity (Wildman–Crippen MR) is 139 cm³/mol. The van der Waals surface area contributed by atoms with Crippen molar-refractivity contribution >= 4 is 17.6 Å². The molecule has 3 aromatic rings. The lowest BCUT2D eigenvalue weighted by Gasteiger charge is -2.22. The summed E-state index contributed by atoms with van der Waals surface area (Å²) in [7, 11) is 1.63. The van der Waals surface area contributed by atoms with E-state index in [0.29, 0.717) is 25.4 Å². The molecule has 0 radical (unpaired) electrons. The van der Waals surface area contributed by atoms with Gasteiger partial charge in [0.05, 0.1) is 24.3 Å². The van der Waals surface area contributed by atoms with Crippen LogP contribution in [0.3, 0.4) is 0 Å². The Labute approximate surface area is 208 Å². The zero-order valence-corrected chi connectivity index (χ0v) is 21.4. The van der Waals surface area contributed by atoms with Crippen molar-refractivity contribution in [2.75, 3.05) is 32.1 Å². The van der Waals surface area contributed by atoms with Crippen molar-refractivity contribution < 1.29 is 14.3 Å². The van der Waals surface area contributed by atoms with Crippen LogP contribution in [0, 0.1) is 6.92 Å². The van der Waals surface area contributed by atoms with Crippen LogP contribution in [0.2, 0.25) is 0 Å². The van der Waals surface area contributed by atoms with Gasteiger partial charge in [-0.2, -0.15) is 5.10 Å². The fourth-order valence-electron chi connectivity index (χ4n) is 3.75. The number of hydrogen-bond acceptors (Lipinski definition) is 4. The van der Waals surface area contributed by atoms with Gasteiger partial charge >= 0.3 is 0 Å². The minimum Gasteiger partial charge on any atom is -0.385 e. The molecule has 3 rings (SSSR count). The van der Waals surface area contributed by atoms with E-state index in [1.165, 1.54) is 0 Å². The lowest BCUT2D eigenvalue weighted by Crippen LogP contribution is -2.40. The Bertz CT molecular complexity index is 1130. The summed E-state index contributed by atoms with van der Waals surface area (Å²) in [5.41, 5.74) is 3.54. The molecule has 0 aliphatic rings. The van der Waals surface area contributed by atoms with Crippen molar-refractivity contribution in [1.82, 2.24) is 14.7 Å². The molecule has 0 unspecified atom stereocenters. The molecule has 1 aromatic heterocycles. The molecule has 0 saturated carbocycles. The molecule has 186 valence electrons. The number of benzene rings is 2. The number of methoxy groups -OCH3 is 1. The molecule has 0 saturated heterocycles. The molecule has 35 heavy (non-hydrogen) atoms. The Hall–Kier alpha value is -3.45. The third-order valence-electron chi connectivity index (χ3n) is 5.75. The van der Waals surface area contributed by atoms with Crippen LogP contribution in [0.25, 0.3) is 5.69 Å². The second kappa shape index (κ2) is 11.8. The maximum atomic E-state index is 13.2. The summed E-state index contributed by atoms with van der Waals surface area (Å²) in [6.45, 7) is 9.19. The van der Waals surface area contributed by atoms with Gasteiger partial charge in [-0.05, 0) is 30.5 Å². The molecule has 7 heteroatoms. The summed E-state index contributed by atoms with van der Waals surface area (Å²) in [4.78, 5) is 27.8. The molecular formula is C28H36N4O3. The highest BCUT2D eigenvalue weighted by atomic mass is 16.5. The van der Waals surface area contributed by atoms with Crippen molar-refractivity contribution in [3.63, 3.8) is 0 Å². The average Bonchev–Trinajstić information content (AvgIpc) is 3.23. The SMILES string of the molecule is COCCCN(CC(=O)Nc1cc(C(C)(C)C)nn1-c1ccccc1C)C(=O)Cc1ccccc1. The Morgan fingerprint density at radius 2 is 1.74 bits per heavy atom. The molecular weight excluding hydrogens is 440 g/mol. The maximum Gasteiger partial charge on any atom is 0.245 e. The zero-order valence-electron chi connectivity index (χ0n) is 21.4. The van der Waals surface area contributed by atoms with Gasteiger partial charge in [0.15, 0.2) is 0 Å². The molecule has 0 spiro atoms. The first kappa shape index (κ1) is 26.2. The number of amides is 2. The van der Waals surface area contributed by atoms with Crippen LogP contribution < -0.4 is 5.32 Å². The molecule has 1 N–H and O–H groups in total. The van der Waals surface area contributed by atoms with E-state index in [2.05, 4.69) is 26.1 Å². The molecule has 2 amide bonds. The Morgan fingerprint density at radius 3 is 2.40 bits per heavy atom. The number of para-hydroxylation sites is 1. The van der Waals surface area contributed by atoms with Gasteiger partial charge in [-0.1, -0.05) is 69.3 Å².